The Hall–Kier alpha value is -1.50. The molecule has 1 aliphatic heterocycles. The molecule has 1 saturated heterocycles. The van der Waals surface area contributed by atoms with Crippen LogP contribution in [0.15, 0.2) is 22.8 Å². The van der Waals surface area contributed by atoms with Crippen molar-refractivity contribution in [1.82, 2.24) is 10.2 Å². The minimum absolute atomic E-state index is 0.191. The topological polar surface area (TPSA) is 45.5 Å². The van der Waals surface area contributed by atoms with Gasteiger partial charge in [0.25, 0.3) is 0 Å². The van der Waals surface area contributed by atoms with E-state index in [0.717, 1.165) is 12.8 Å². The van der Waals surface area contributed by atoms with Crippen LogP contribution >= 0.6 is 0 Å². The Labute approximate surface area is 121 Å². The van der Waals surface area contributed by atoms with Crippen molar-refractivity contribution in [2.24, 2.45) is 5.92 Å². The van der Waals surface area contributed by atoms with E-state index in [-0.39, 0.29) is 18.5 Å². The third-order valence-corrected chi connectivity index (χ3v) is 3.66. The second kappa shape index (κ2) is 6.51. The lowest BCUT2D eigenvalue weighted by Gasteiger charge is -2.37. The highest BCUT2D eigenvalue weighted by atomic mass is 19.4. The second-order valence-electron chi connectivity index (χ2n) is 5.47. The van der Waals surface area contributed by atoms with Gasteiger partial charge in [-0.1, -0.05) is 6.92 Å². The zero-order valence-electron chi connectivity index (χ0n) is 11.8. The van der Waals surface area contributed by atoms with Gasteiger partial charge in [0.2, 0.25) is 5.91 Å². The average Bonchev–Trinajstić information content (AvgIpc) is 2.90. The zero-order valence-corrected chi connectivity index (χ0v) is 11.8. The molecule has 4 nitrogen and oxygen atoms in total. The van der Waals surface area contributed by atoms with Crippen molar-refractivity contribution in [3.8, 4) is 0 Å². The molecule has 0 saturated carbocycles. The third-order valence-electron chi connectivity index (χ3n) is 3.66. The van der Waals surface area contributed by atoms with Crippen molar-refractivity contribution in [1.29, 1.82) is 0 Å². The first-order chi connectivity index (χ1) is 9.87. The molecule has 2 rings (SSSR count). The number of furan rings is 1. The lowest BCUT2D eigenvalue weighted by atomic mass is 9.91. The molecular weight excluding hydrogens is 285 g/mol. The van der Waals surface area contributed by atoms with Gasteiger partial charge in [0.15, 0.2) is 0 Å². The van der Waals surface area contributed by atoms with E-state index in [0.29, 0.717) is 18.2 Å². The monoisotopic (exact) mass is 304 g/mol. The van der Waals surface area contributed by atoms with Crippen LogP contribution in [0.5, 0.6) is 0 Å². The molecule has 0 unspecified atom stereocenters. The number of halogens is 3. The fourth-order valence-electron chi connectivity index (χ4n) is 2.60. The number of carbonyl (C=O) groups excluding carboxylic acids is 1. The van der Waals surface area contributed by atoms with Crippen LogP contribution in [0.25, 0.3) is 0 Å². The molecule has 1 fully saturated rings. The summed E-state index contributed by atoms with van der Waals surface area (Å²) in [4.78, 5) is 13.8. The first kappa shape index (κ1) is 15.9. The van der Waals surface area contributed by atoms with Gasteiger partial charge in [-0.3, -0.25) is 4.79 Å². The van der Waals surface area contributed by atoms with Crippen molar-refractivity contribution in [2.45, 2.75) is 32.0 Å². The summed E-state index contributed by atoms with van der Waals surface area (Å²) in [5, 5.41) is 2.15. The third kappa shape index (κ3) is 4.49. The molecule has 21 heavy (non-hydrogen) atoms. The Morgan fingerprint density at radius 2 is 2.29 bits per heavy atom. The normalized spacial score (nSPS) is 23.3. The molecule has 0 aliphatic carbocycles. The highest BCUT2D eigenvalue weighted by molar-refractivity contribution is 5.78. The van der Waals surface area contributed by atoms with E-state index in [1.165, 1.54) is 0 Å². The van der Waals surface area contributed by atoms with E-state index in [1.54, 1.807) is 23.3 Å². The second-order valence-corrected chi connectivity index (χ2v) is 5.47. The molecule has 1 N–H and O–H groups in total. The Morgan fingerprint density at radius 3 is 2.90 bits per heavy atom. The van der Waals surface area contributed by atoms with Gasteiger partial charge < -0.3 is 14.6 Å². The molecule has 2 atom stereocenters. The summed E-state index contributed by atoms with van der Waals surface area (Å²) in [6.45, 7) is 1.16. The fourth-order valence-corrected chi connectivity index (χ4v) is 2.60. The van der Waals surface area contributed by atoms with Crippen LogP contribution < -0.4 is 5.32 Å². The standard InChI is InChI=1S/C14H19F3N2O2/c1-10-4-5-19(11(7-10)12-3-2-6-21-12)13(20)8-18-9-14(15,16)17/h2-3,6,10-11,18H,4-5,7-9H2,1H3/t10-,11-/m0/s1. The molecule has 1 aromatic rings. The first-order valence-corrected chi connectivity index (χ1v) is 6.97. The highest BCUT2D eigenvalue weighted by Crippen LogP contribution is 2.34. The summed E-state index contributed by atoms with van der Waals surface area (Å²) in [6.07, 6.45) is -1.16. The van der Waals surface area contributed by atoms with Gasteiger partial charge in [0.05, 0.1) is 25.4 Å². The maximum absolute atomic E-state index is 12.2. The largest absolute Gasteiger partial charge is 0.467 e. The van der Waals surface area contributed by atoms with Crippen LogP contribution in [-0.4, -0.2) is 36.6 Å². The van der Waals surface area contributed by atoms with E-state index < -0.39 is 12.7 Å². The lowest BCUT2D eigenvalue weighted by molar-refractivity contribution is -0.138. The summed E-state index contributed by atoms with van der Waals surface area (Å²) in [6, 6.07) is 3.36. The molecular formula is C14H19F3N2O2. The number of rotatable bonds is 4. The number of carbonyl (C=O) groups is 1. The molecule has 1 amide bonds. The minimum atomic E-state index is -4.31. The Morgan fingerprint density at radius 1 is 1.52 bits per heavy atom. The van der Waals surface area contributed by atoms with Gasteiger partial charge in [-0.2, -0.15) is 13.2 Å². The van der Waals surface area contributed by atoms with E-state index in [1.807, 2.05) is 0 Å². The van der Waals surface area contributed by atoms with Gasteiger partial charge >= 0.3 is 6.18 Å². The van der Waals surface area contributed by atoms with Crippen LogP contribution in [0.2, 0.25) is 0 Å². The van der Waals surface area contributed by atoms with Crippen molar-refractivity contribution in [3.05, 3.63) is 24.2 Å². The van der Waals surface area contributed by atoms with Crippen LogP contribution in [0.3, 0.4) is 0 Å². The average molecular weight is 304 g/mol. The van der Waals surface area contributed by atoms with E-state index >= 15 is 0 Å². The Balaban J connectivity index is 1.97. The number of hydrogen-bond donors (Lipinski definition) is 1. The number of piperidine rings is 1. The van der Waals surface area contributed by atoms with Gasteiger partial charge in [0.1, 0.15) is 5.76 Å². The van der Waals surface area contributed by atoms with Crippen molar-refractivity contribution in [2.75, 3.05) is 19.6 Å². The Bertz CT molecular complexity index is 459. The fraction of sp³-hybridized carbons (Fsp3) is 0.643. The van der Waals surface area contributed by atoms with E-state index in [9.17, 15) is 18.0 Å². The molecule has 0 bridgehead atoms. The number of hydrogen-bond acceptors (Lipinski definition) is 3. The SMILES string of the molecule is C[C@H]1CCN(C(=O)CNCC(F)(F)F)[C@H](c2ccco2)C1. The van der Waals surface area contributed by atoms with Crippen LogP contribution in [-0.2, 0) is 4.79 Å². The minimum Gasteiger partial charge on any atom is -0.467 e. The predicted octanol–water partition coefficient (Wildman–Crippen LogP) is 2.73. The molecule has 2 heterocycles. The molecule has 7 heteroatoms. The van der Waals surface area contributed by atoms with Crippen LogP contribution in [0, 0.1) is 5.92 Å². The quantitative estimate of drug-likeness (QED) is 0.930. The zero-order chi connectivity index (χ0) is 15.5. The maximum Gasteiger partial charge on any atom is 0.401 e. The molecule has 1 aromatic heterocycles. The summed E-state index contributed by atoms with van der Waals surface area (Å²) in [5.74, 6) is 0.811. The predicted molar refractivity (Wildman–Crippen MR) is 70.5 cm³/mol. The lowest BCUT2D eigenvalue weighted by Crippen LogP contribution is -2.45. The summed E-state index contributed by atoms with van der Waals surface area (Å²) in [7, 11) is 0. The number of nitrogens with zero attached hydrogens (tertiary/aromatic N) is 1. The van der Waals surface area contributed by atoms with Crippen molar-refractivity contribution in [3.63, 3.8) is 0 Å². The van der Waals surface area contributed by atoms with E-state index in [4.69, 9.17) is 4.42 Å². The molecule has 118 valence electrons. The number of likely N-dealkylation sites (tertiary alicyclic amines) is 1. The van der Waals surface area contributed by atoms with E-state index in [2.05, 4.69) is 12.2 Å². The van der Waals surface area contributed by atoms with Crippen molar-refractivity contribution < 1.29 is 22.4 Å². The molecule has 0 spiro atoms. The highest BCUT2D eigenvalue weighted by Gasteiger charge is 2.33. The van der Waals surface area contributed by atoms with Crippen LogP contribution in [0.4, 0.5) is 13.2 Å². The van der Waals surface area contributed by atoms with Gasteiger partial charge in [-0.25, -0.2) is 0 Å². The first-order valence-electron chi connectivity index (χ1n) is 6.97. The van der Waals surface area contributed by atoms with Crippen molar-refractivity contribution >= 4 is 5.91 Å². The molecule has 1 aliphatic rings. The summed E-state index contributed by atoms with van der Waals surface area (Å²) < 4.78 is 41.7. The smallest absolute Gasteiger partial charge is 0.401 e. The van der Waals surface area contributed by atoms with Crippen LogP contribution in [0.1, 0.15) is 31.6 Å². The summed E-state index contributed by atoms with van der Waals surface area (Å²) >= 11 is 0. The number of amides is 1. The number of nitrogens with one attached hydrogen (secondary N) is 1. The number of alkyl halides is 3. The molecule has 0 aromatic carbocycles. The van der Waals surface area contributed by atoms with Gasteiger partial charge in [-0.05, 0) is 30.9 Å². The summed E-state index contributed by atoms with van der Waals surface area (Å²) in [5.41, 5.74) is 0. The molecule has 0 radical (unpaired) electrons. The van der Waals surface area contributed by atoms with Gasteiger partial charge in [0, 0.05) is 6.54 Å². The van der Waals surface area contributed by atoms with Gasteiger partial charge in [-0.15, -0.1) is 0 Å². The maximum atomic E-state index is 12.2. The Kier molecular flexibility index (Phi) is 4.92.